The number of aromatic nitrogens is 2. The highest BCUT2D eigenvalue weighted by atomic mass is 19.1. The minimum atomic E-state index is -0.279. The van der Waals surface area contributed by atoms with Gasteiger partial charge in [0.2, 0.25) is 0 Å². The second kappa shape index (κ2) is 7.61. The molecule has 0 atom stereocenters. The molecule has 3 aromatic rings. The summed E-state index contributed by atoms with van der Waals surface area (Å²) in [4.78, 5) is 14.4. The topological polar surface area (TPSA) is 50.2 Å². The lowest BCUT2D eigenvalue weighted by molar-refractivity contribution is 0.246. The van der Waals surface area contributed by atoms with Crippen molar-refractivity contribution in [1.29, 1.82) is 0 Å². The molecule has 2 heterocycles. The van der Waals surface area contributed by atoms with Gasteiger partial charge in [0.1, 0.15) is 5.82 Å². The molecule has 0 saturated carbocycles. The van der Waals surface area contributed by atoms with E-state index in [0.717, 1.165) is 36.3 Å². The van der Waals surface area contributed by atoms with Gasteiger partial charge in [-0.15, -0.1) is 0 Å². The first kappa shape index (κ1) is 17.3. The Morgan fingerprint density at radius 3 is 2.67 bits per heavy atom. The van der Waals surface area contributed by atoms with Crippen molar-refractivity contribution in [2.24, 2.45) is 0 Å². The summed E-state index contributed by atoms with van der Waals surface area (Å²) in [6.07, 6.45) is 4.21. The van der Waals surface area contributed by atoms with Crippen LogP contribution in [0.5, 0.6) is 0 Å². The molecule has 0 saturated heterocycles. The van der Waals surface area contributed by atoms with E-state index in [1.165, 1.54) is 17.7 Å². The molecule has 0 spiro atoms. The van der Waals surface area contributed by atoms with Gasteiger partial charge >= 0.3 is 6.03 Å². The molecule has 0 fully saturated rings. The molecule has 2 aromatic carbocycles. The summed E-state index contributed by atoms with van der Waals surface area (Å²) in [5.74, 6) is -0.279. The molecule has 1 aromatic heterocycles. The van der Waals surface area contributed by atoms with Crippen molar-refractivity contribution in [2.75, 3.05) is 18.0 Å². The smallest absolute Gasteiger partial charge is 0.321 e. The van der Waals surface area contributed by atoms with Crippen LogP contribution in [0.1, 0.15) is 17.7 Å². The molecule has 5 nitrogen and oxygen atoms in total. The van der Waals surface area contributed by atoms with E-state index in [1.54, 1.807) is 27.9 Å². The van der Waals surface area contributed by atoms with E-state index in [4.69, 9.17) is 0 Å². The van der Waals surface area contributed by atoms with E-state index in [0.29, 0.717) is 13.1 Å². The summed E-state index contributed by atoms with van der Waals surface area (Å²) in [5.41, 5.74) is 3.79. The van der Waals surface area contributed by atoms with Gasteiger partial charge in [-0.1, -0.05) is 30.3 Å². The minimum Gasteiger partial charge on any atom is -0.337 e. The number of nitrogens with one attached hydrogen (secondary N) is 1. The van der Waals surface area contributed by atoms with Crippen LogP contribution in [0.15, 0.2) is 60.8 Å². The fourth-order valence-corrected chi connectivity index (χ4v) is 3.42. The van der Waals surface area contributed by atoms with Crippen molar-refractivity contribution in [3.8, 4) is 5.69 Å². The van der Waals surface area contributed by atoms with Gasteiger partial charge < -0.3 is 5.32 Å². The first-order valence-electron chi connectivity index (χ1n) is 9.14. The van der Waals surface area contributed by atoms with Gasteiger partial charge in [0.15, 0.2) is 0 Å². The third-order valence-corrected chi connectivity index (χ3v) is 4.78. The molecule has 2 amide bonds. The zero-order valence-electron chi connectivity index (χ0n) is 14.9. The zero-order valence-corrected chi connectivity index (χ0v) is 14.9. The lowest BCUT2D eigenvalue weighted by Crippen LogP contribution is -2.43. The number of urea groups is 1. The van der Waals surface area contributed by atoms with E-state index in [2.05, 4.69) is 22.5 Å². The van der Waals surface area contributed by atoms with Gasteiger partial charge in [0, 0.05) is 13.1 Å². The largest absolute Gasteiger partial charge is 0.337 e. The lowest BCUT2D eigenvalue weighted by Gasteiger charge is -2.27. The summed E-state index contributed by atoms with van der Waals surface area (Å²) < 4.78 is 15.0. The van der Waals surface area contributed by atoms with E-state index in [-0.39, 0.29) is 11.8 Å². The maximum Gasteiger partial charge on any atom is 0.321 e. The predicted molar refractivity (Wildman–Crippen MR) is 103 cm³/mol. The van der Waals surface area contributed by atoms with Gasteiger partial charge in [-0.2, -0.15) is 5.10 Å². The number of carbonyl (C=O) groups is 1. The van der Waals surface area contributed by atoms with Crippen molar-refractivity contribution >= 4 is 11.7 Å². The molecular formula is C21H21FN4O. The Morgan fingerprint density at radius 1 is 1.11 bits per heavy atom. The number of benzene rings is 2. The van der Waals surface area contributed by atoms with Gasteiger partial charge in [-0.05, 0) is 49.1 Å². The second-order valence-electron chi connectivity index (χ2n) is 6.59. The summed E-state index contributed by atoms with van der Waals surface area (Å²) in [6.45, 7) is 1.25. The number of carbonyl (C=O) groups excluding carboxylic acids is 1. The Labute approximate surface area is 157 Å². The minimum absolute atomic E-state index is 0.106. The predicted octanol–water partition coefficient (Wildman–Crippen LogP) is 3.72. The average Bonchev–Trinajstić information content (AvgIpc) is 3.13. The van der Waals surface area contributed by atoms with E-state index >= 15 is 0 Å². The quantitative estimate of drug-likeness (QED) is 0.767. The van der Waals surface area contributed by atoms with Crippen LogP contribution in [-0.2, 0) is 12.8 Å². The van der Waals surface area contributed by atoms with Crippen molar-refractivity contribution in [1.82, 2.24) is 15.1 Å². The number of nitrogens with zero attached hydrogens (tertiary/aromatic N) is 3. The van der Waals surface area contributed by atoms with Crippen LogP contribution < -0.4 is 10.2 Å². The third kappa shape index (κ3) is 3.69. The van der Waals surface area contributed by atoms with Gasteiger partial charge in [-0.25, -0.2) is 13.9 Å². The van der Waals surface area contributed by atoms with Crippen LogP contribution in [0.25, 0.3) is 5.69 Å². The second-order valence-corrected chi connectivity index (χ2v) is 6.59. The highest BCUT2D eigenvalue weighted by Crippen LogP contribution is 2.29. The highest BCUT2D eigenvalue weighted by molar-refractivity contribution is 5.93. The van der Waals surface area contributed by atoms with Crippen LogP contribution in [0.4, 0.5) is 14.9 Å². The Bertz CT molecular complexity index is 921. The molecule has 0 bridgehead atoms. The average molecular weight is 364 g/mol. The molecule has 1 N–H and O–H groups in total. The number of rotatable bonds is 4. The molecule has 0 radical (unpaired) electrons. The first-order chi connectivity index (χ1) is 13.2. The molecule has 1 aliphatic rings. The van der Waals surface area contributed by atoms with Crippen molar-refractivity contribution in [3.63, 3.8) is 0 Å². The molecule has 1 aliphatic heterocycles. The van der Waals surface area contributed by atoms with E-state index in [1.807, 2.05) is 18.2 Å². The number of fused-ring (bicyclic) bond motifs is 1. The Balaban J connectivity index is 1.46. The summed E-state index contributed by atoms with van der Waals surface area (Å²) in [7, 11) is 0. The number of halogens is 1. The standard InChI is InChI=1S/C21H21FN4O/c22-17-8-10-18(11-9-17)26-19-7-4-14-25(20(19)15-24-26)21(27)23-13-12-16-5-2-1-3-6-16/h1-3,5-6,8-11,15H,4,7,12-14H2,(H,23,27). The summed E-state index contributed by atoms with van der Waals surface area (Å²) in [6, 6.07) is 16.2. The van der Waals surface area contributed by atoms with Crippen LogP contribution in [0.3, 0.4) is 0 Å². The van der Waals surface area contributed by atoms with Crippen LogP contribution in [0.2, 0.25) is 0 Å². The number of hydrogen-bond acceptors (Lipinski definition) is 2. The van der Waals surface area contributed by atoms with Crippen molar-refractivity contribution in [3.05, 3.63) is 77.9 Å². The number of amides is 2. The maximum atomic E-state index is 13.2. The summed E-state index contributed by atoms with van der Waals surface area (Å²) >= 11 is 0. The molecule has 0 aliphatic carbocycles. The normalized spacial score (nSPS) is 13.3. The van der Waals surface area contributed by atoms with E-state index in [9.17, 15) is 9.18 Å². The number of anilines is 1. The zero-order chi connectivity index (χ0) is 18.6. The maximum absolute atomic E-state index is 13.2. The SMILES string of the molecule is O=C(NCCc1ccccc1)N1CCCc2c1cnn2-c1ccc(F)cc1. The Hall–Kier alpha value is -3.15. The molecule has 27 heavy (non-hydrogen) atoms. The van der Waals surface area contributed by atoms with Crippen molar-refractivity contribution < 1.29 is 9.18 Å². The van der Waals surface area contributed by atoms with Gasteiger partial charge in [-0.3, -0.25) is 4.90 Å². The molecule has 138 valence electrons. The van der Waals surface area contributed by atoms with Gasteiger partial charge in [0.05, 0.1) is 23.3 Å². The fourth-order valence-electron chi connectivity index (χ4n) is 3.42. The van der Waals surface area contributed by atoms with Crippen LogP contribution >= 0.6 is 0 Å². The fraction of sp³-hybridized carbons (Fsp3) is 0.238. The number of hydrogen-bond donors (Lipinski definition) is 1. The first-order valence-corrected chi connectivity index (χ1v) is 9.14. The molecule has 0 unspecified atom stereocenters. The Morgan fingerprint density at radius 2 is 1.89 bits per heavy atom. The Kier molecular flexibility index (Phi) is 4.87. The summed E-state index contributed by atoms with van der Waals surface area (Å²) in [5, 5.41) is 7.43. The van der Waals surface area contributed by atoms with E-state index < -0.39 is 0 Å². The monoisotopic (exact) mass is 364 g/mol. The molecule has 6 heteroatoms. The lowest BCUT2D eigenvalue weighted by atomic mass is 10.1. The molecule has 4 rings (SSSR count). The van der Waals surface area contributed by atoms with Gasteiger partial charge in [0.25, 0.3) is 0 Å². The van der Waals surface area contributed by atoms with Crippen molar-refractivity contribution in [2.45, 2.75) is 19.3 Å². The third-order valence-electron chi connectivity index (χ3n) is 4.78. The molecular weight excluding hydrogens is 343 g/mol. The van der Waals surface area contributed by atoms with Crippen LogP contribution in [-0.4, -0.2) is 28.9 Å². The van der Waals surface area contributed by atoms with Crippen LogP contribution in [0, 0.1) is 5.82 Å². The highest BCUT2D eigenvalue weighted by Gasteiger charge is 2.26.